The summed E-state index contributed by atoms with van der Waals surface area (Å²) in [4.78, 5) is 49.5. The van der Waals surface area contributed by atoms with Crippen LogP contribution in [0.3, 0.4) is 0 Å². The van der Waals surface area contributed by atoms with Crippen molar-refractivity contribution in [2.75, 3.05) is 17.2 Å². The Morgan fingerprint density at radius 2 is 2.11 bits per heavy atom. The first-order valence-electron chi connectivity index (χ1n) is 13.1. The van der Waals surface area contributed by atoms with Gasteiger partial charge >= 0.3 is 5.97 Å². The number of amides is 2. The summed E-state index contributed by atoms with van der Waals surface area (Å²) in [5.74, 6) is -2.49. The van der Waals surface area contributed by atoms with Crippen molar-refractivity contribution in [2.24, 2.45) is 12.2 Å². The minimum absolute atomic E-state index is 0.0986. The van der Waals surface area contributed by atoms with Crippen molar-refractivity contribution in [1.82, 2.24) is 40.6 Å². The number of phenolic OH excluding ortho intramolecular Hbond substituents is 2. The van der Waals surface area contributed by atoms with Crippen molar-refractivity contribution in [3.63, 3.8) is 0 Å². The number of oxime groups is 1. The molecule has 2 aliphatic rings. The number of thioether (sulfide) groups is 2. The maximum atomic E-state index is 13.4. The third-order valence-electron chi connectivity index (χ3n) is 6.67. The summed E-state index contributed by atoms with van der Waals surface area (Å²) in [5, 5.41) is 52.4. The number of aromatic nitrogens is 6. The highest BCUT2D eigenvalue weighted by atomic mass is 32.2. The van der Waals surface area contributed by atoms with Crippen molar-refractivity contribution >= 4 is 63.5 Å². The van der Waals surface area contributed by atoms with Gasteiger partial charge < -0.3 is 35.7 Å². The molecule has 18 nitrogen and oxygen atoms in total. The predicted octanol–water partition coefficient (Wildman–Crippen LogP) is 0.767. The predicted molar refractivity (Wildman–Crippen MR) is 162 cm³/mol. The summed E-state index contributed by atoms with van der Waals surface area (Å²) in [6, 6.07) is 4.63. The van der Waals surface area contributed by atoms with E-state index in [0.717, 1.165) is 16.2 Å². The van der Waals surface area contributed by atoms with Crippen LogP contribution in [0.5, 0.6) is 11.5 Å². The molecule has 2 aliphatic heterocycles. The SMILES string of the molecule is Cn1nnnc1SCC1=C(C(=O)O)N2C(=O)[C@@H](NC(=O)/C(=N/OCc3cc(-c4ccc(O)c(O)c4)no3)c3csc(N)n3)[C@H]2SC1. The summed E-state index contributed by atoms with van der Waals surface area (Å²) in [5.41, 5.74) is 6.80. The van der Waals surface area contributed by atoms with E-state index >= 15 is 0 Å². The molecular weight excluding hydrogens is 665 g/mol. The maximum Gasteiger partial charge on any atom is 0.352 e. The van der Waals surface area contributed by atoms with Crippen LogP contribution >= 0.6 is 34.9 Å². The number of carbonyl (C=O) groups is 3. The number of β-lactam (4-membered cyclic amide) rings is 1. The van der Waals surface area contributed by atoms with Gasteiger partial charge in [0.2, 0.25) is 5.16 Å². The third-order valence-corrected chi connectivity index (χ3v) is 9.78. The number of aryl methyl sites for hydroxylation is 1. The zero-order chi connectivity index (χ0) is 32.5. The molecule has 4 aromatic rings. The molecule has 1 fully saturated rings. The van der Waals surface area contributed by atoms with E-state index in [2.05, 4.69) is 36.1 Å². The van der Waals surface area contributed by atoms with E-state index in [1.807, 2.05) is 0 Å². The second-order valence-corrected chi connectivity index (χ2v) is 12.6. The number of tetrazole rings is 1. The molecule has 1 aromatic carbocycles. The molecule has 6 N–H and O–H groups in total. The van der Waals surface area contributed by atoms with Gasteiger partial charge in [-0.3, -0.25) is 14.5 Å². The number of fused-ring (bicyclic) bond motifs is 1. The number of carbonyl (C=O) groups excluding carboxylic acids is 2. The molecule has 3 aromatic heterocycles. The fraction of sp³-hybridized carbons (Fsp3) is 0.240. The van der Waals surface area contributed by atoms with E-state index in [0.29, 0.717) is 27.7 Å². The number of rotatable bonds is 11. The van der Waals surface area contributed by atoms with Gasteiger partial charge in [0.1, 0.15) is 28.5 Å². The lowest BCUT2D eigenvalue weighted by molar-refractivity contribution is -0.150. The fourth-order valence-electron chi connectivity index (χ4n) is 4.46. The fourth-order valence-corrected chi connectivity index (χ4v) is 7.34. The number of hydrogen-bond donors (Lipinski definition) is 5. The molecule has 21 heteroatoms. The average molecular weight is 687 g/mol. The first-order valence-corrected chi connectivity index (χ1v) is 16.0. The van der Waals surface area contributed by atoms with Crippen LogP contribution < -0.4 is 11.1 Å². The molecule has 0 bridgehead atoms. The van der Waals surface area contributed by atoms with Crippen LogP contribution in [-0.2, 0) is 32.9 Å². The second-order valence-electron chi connectivity index (χ2n) is 9.66. The van der Waals surface area contributed by atoms with E-state index in [-0.39, 0.29) is 51.9 Å². The van der Waals surface area contributed by atoms with Crippen molar-refractivity contribution in [3.8, 4) is 22.8 Å². The van der Waals surface area contributed by atoms with E-state index in [1.54, 1.807) is 7.05 Å². The zero-order valence-electron chi connectivity index (χ0n) is 23.4. The van der Waals surface area contributed by atoms with Crippen LogP contribution in [0.2, 0.25) is 0 Å². The Morgan fingerprint density at radius 3 is 2.80 bits per heavy atom. The number of hydrogen-bond acceptors (Lipinski definition) is 17. The summed E-state index contributed by atoms with van der Waals surface area (Å²) in [6.45, 7) is -0.250. The van der Waals surface area contributed by atoms with Crippen LogP contribution in [0.1, 0.15) is 11.5 Å². The molecule has 2 amide bonds. The summed E-state index contributed by atoms with van der Waals surface area (Å²) in [7, 11) is 1.66. The Bertz CT molecular complexity index is 1900. The lowest BCUT2D eigenvalue weighted by atomic mass is 10.0. The van der Waals surface area contributed by atoms with Crippen molar-refractivity contribution < 1.29 is 39.1 Å². The number of nitrogens with two attached hydrogens (primary N) is 1. The van der Waals surface area contributed by atoms with Gasteiger partial charge in [-0.25, -0.2) is 14.5 Å². The van der Waals surface area contributed by atoms with Gasteiger partial charge in [0, 0.05) is 35.6 Å². The van der Waals surface area contributed by atoms with E-state index in [1.165, 1.54) is 57.9 Å². The highest BCUT2D eigenvalue weighted by molar-refractivity contribution is 8.01. The summed E-state index contributed by atoms with van der Waals surface area (Å²) >= 11 is 3.62. The number of phenols is 2. The number of nitrogens with zero attached hydrogens (tertiary/aromatic N) is 8. The van der Waals surface area contributed by atoms with Crippen LogP contribution in [-0.4, -0.2) is 97.0 Å². The van der Waals surface area contributed by atoms with Gasteiger partial charge in [-0.05, 0) is 34.2 Å². The molecule has 0 radical (unpaired) electrons. The number of nitrogen functional groups attached to an aromatic ring is 1. The van der Waals surface area contributed by atoms with Gasteiger partial charge in [-0.2, -0.15) is 0 Å². The number of thiazole rings is 1. The smallest absolute Gasteiger partial charge is 0.352 e. The zero-order valence-corrected chi connectivity index (χ0v) is 25.9. The Morgan fingerprint density at radius 1 is 1.28 bits per heavy atom. The highest BCUT2D eigenvalue weighted by Gasteiger charge is 2.54. The van der Waals surface area contributed by atoms with Gasteiger partial charge in [-0.1, -0.05) is 22.1 Å². The molecular formula is C25H22N10O8S3. The normalized spacial score (nSPS) is 17.9. The Labute approximate surface area is 270 Å². The third kappa shape index (κ3) is 6.06. The largest absolute Gasteiger partial charge is 0.504 e. The lowest BCUT2D eigenvalue weighted by Crippen LogP contribution is -2.71. The molecule has 0 saturated carbocycles. The number of nitrogens with one attached hydrogen (secondary N) is 1. The monoisotopic (exact) mass is 686 g/mol. The van der Waals surface area contributed by atoms with Crippen molar-refractivity contribution in [1.29, 1.82) is 0 Å². The molecule has 0 unspecified atom stereocenters. The number of aliphatic carboxylic acids is 1. The van der Waals surface area contributed by atoms with E-state index in [4.69, 9.17) is 15.1 Å². The second kappa shape index (κ2) is 12.7. The first-order chi connectivity index (χ1) is 22.1. The van der Waals surface area contributed by atoms with Crippen LogP contribution in [0.15, 0.2) is 55.8 Å². The Hall–Kier alpha value is -5.15. The first kappa shape index (κ1) is 30.9. The number of benzene rings is 1. The number of carboxylic acids is 1. The highest BCUT2D eigenvalue weighted by Crippen LogP contribution is 2.41. The minimum Gasteiger partial charge on any atom is -0.504 e. The molecule has 1 saturated heterocycles. The van der Waals surface area contributed by atoms with Crippen molar-refractivity contribution in [3.05, 3.63) is 52.4 Å². The molecule has 5 heterocycles. The van der Waals surface area contributed by atoms with Crippen LogP contribution in [0.25, 0.3) is 11.3 Å². The number of anilines is 1. The molecule has 238 valence electrons. The molecule has 46 heavy (non-hydrogen) atoms. The molecule has 0 aliphatic carbocycles. The molecule has 6 rings (SSSR count). The van der Waals surface area contributed by atoms with E-state index in [9.17, 15) is 29.7 Å². The average Bonchev–Trinajstić information content (AvgIpc) is 3.79. The van der Waals surface area contributed by atoms with Crippen molar-refractivity contribution in [2.45, 2.75) is 23.2 Å². The standard InChI is InChI=1S/C25H22N10O8S3/c1-34-25(29-32-33-34)46-8-11-7-44-22-18(21(39)35(22)19(11)23(40)41)28-20(38)17(14-9-45-24(26)27-14)31-42-6-12-5-13(30-43-12)10-2-3-15(36)16(37)4-10/h2-5,9,18,22,36-37H,6-8H2,1H3,(H2,26,27)(H,28,38)(H,40,41)/b31-17+/t18-,22-/m1/s1. The van der Waals surface area contributed by atoms with Gasteiger partial charge in [-0.15, -0.1) is 28.2 Å². The minimum atomic E-state index is -1.26. The van der Waals surface area contributed by atoms with Gasteiger partial charge in [0.05, 0.1) is 0 Å². The molecule has 2 atom stereocenters. The van der Waals surface area contributed by atoms with E-state index < -0.39 is 29.2 Å². The lowest BCUT2D eigenvalue weighted by Gasteiger charge is -2.49. The van der Waals surface area contributed by atoms with Gasteiger partial charge in [0.15, 0.2) is 34.7 Å². The number of carboxylic acid groups (broad SMARTS) is 1. The molecule has 0 spiro atoms. The quantitative estimate of drug-likeness (QED) is 0.0480. The summed E-state index contributed by atoms with van der Waals surface area (Å²) in [6.07, 6.45) is 0. The van der Waals surface area contributed by atoms with Crippen LogP contribution in [0, 0.1) is 0 Å². The number of aromatic hydroxyl groups is 2. The summed E-state index contributed by atoms with van der Waals surface area (Å²) < 4.78 is 6.70. The Kier molecular flexibility index (Phi) is 8.51. The van der Waals surface area contributed by atoms with Crippen LogP contribution in [0.4, 0.5) is 5.13 Å². The Balaban J connectivity index is 1.14. The maximum absolute atomic E-state index is 13.4. The topological polar surface area (TPSA) is 257 Å². The van der Waals surface area contributed by atoms with Gasteiger partial charge in [0.25, 0.3) is 11.8 Å².